The lowest BCUT2D eigenvalue weighted by atomic mass is 10.1. The van der Waals surface area contributed by atoms with Gasteiger partial charge in [-0.25, -0.2) is 0 Å². The Morgan fingerprint density at radius 2 is 2.07 bits per heavy atom. The lowest BCUT2D eigenvalue weighted by molar-refractivity contribution is -0.113. The van der Waals surface area contributed by atoms with E-state index >= 15 is 0 Å². The van der Waals surface area contributed by atoms with Gasteiger partial charge in [0.15, 0.2) is 0 Å². The van der Waals surface area contributed by atoms with Gasteiger partial charge in [-0.05, 0) is 19.4 Å². The molecule has 0 bridgehead atoms. The molecule has 0 aliphatic carbocycles. The van der Waals surface area contributed by atoms with Crippen LogP contribution in [0.5, 0.6) is 0 Å². The molecule has 6 heteroatoms. The molecular formula is C9H12ClN3O2. The van der Waals surface area contributed by atoms with Crippen molar-refractivity contribution in [2.75, 3.05) is 11.2 Å². The summed E-state index contributed by atoms with van der Waals surface area (Å²) in [5, 5.41) is 2.48. The minimum absolute atomic E-state index is 0.171. The number of hydrogen-bond donors (Lipinski definition) is 3. The van der Waals surface area contributed by atoms with Gasteiger partial charge in [-0.2, -0.15) is 0 Å². The van der Waals surface area contributed by atoms with E-state index in [2.05, 4.69) is 10.3 Å². The van der Waals surface area contributed by atoms with E-state index in [1.807, 2.05) is 0 Å². The number of alkyl halides is 1. The SMILES string of the molecule is Cc1[nH]c(NC(=O)CCl)c(C(N)=O)c1C. The standard InChI is InChI=1S/C9H12ClN3O2/c1-4-5(2)12-9(7(4)8(11)15)13-6(14)3-10/h12H,3H2,1-2H3,(H2,11,15)(H,13,14). The zero-order valence-corrected chi connectivity index (χ0v) is 9.23. The van der Waals surface area contributed by atoms with Crippen molar-refractivity contribution in [3.05, 3.63) is 16.8 Å². The van der Waals surface area contributed by atoms with Crippen molar-refractivity contribution in [3.63, 3.8) is 0 Å². The quantitative estimate of drug-likeness (QED) is 0.673. The first-order chi connectivity index (χ1) is 6.97. The average molecular weight is 230 g/mol. The minimum atomic E-state index is -0.582. The van der Waals surface area contributed by atoms with Crippen molar-refractivity contribution < 1.29 is 9.59 Å². The molecular weight excluding hydrogens is 218 g/mol. The first-order valence-electron chi connectivity index (χ1n) is 4.32. The van der Waals surface area contributed by atoms with Gasteiger partial charge in [0.1, 0.15) is 11.7 Å². The third kappa shape index (κ3) is 2.30. The summed E-state index contributed by atoms with van der Waals surface area (Å²) in [5.41, 5.74) is 7.01. The van der Waals surface area contributed by atoms with Crippen LogP contribution in [-0.4, -0.2) is 22.7 Å². The molecule has 1 aromatic rings. The van der Waals surface area contributed by atoms with E-state index in [9.17, 15) is 9.59 Å². The van der Waals surface area contributed by atoms with E-state index in [1.54, 1.807) is 13.8 Å². The minimum Gasteiger partial charge on any atom is -0.365 e. The highest BCUT2D eigenvalue weighted by molar-refractivity contribution is 6.29. The first kappa shape index (κ1) is 11.6. The van der Waals surface area contributed by atoms with Gasteiger partial charge >= 0.3 is 0 Å². The van der Waals surface area contributed by atoms with E-state index in [0.29, 0.717) is 11.4 Å². The number of hydrogen-bond acceptors (Lipinski definition) is 2. The van der Waals surface area contributed by atoms with Gasteiger partial charge in [-0.15, -0.1) is 11.6 Å². The summed E-state index contributed by atoms with van der Waals surface area (Å²) >= 11 is 5.34. The second-order valence-electron chi connectivity index (χ2n) is 3.17. The average Bonchev–Trinajstić information content (AvgIpc) is 2.42. The predicted molar refractivity (Wildman–Crippen MR) is 58.1 cm³/mol. The predicted octanol–water partition coefficient (Wildman–Crippen LogP) is 0.908. The zero-order valence-electron chi connectivity index (χ0n) is 8.48. The molecule has 0 fully saturated rings. The molecule has 0 aliphatic heterocycles. The largest absolute Gasteiger partial charge is 0.365 e. The van der Waals surface area contributed by atoms with Crippen LogP contribution >= 0.6 is 11.6 Å². The van der Waals surface area contributed by atoms with Gasteiger partial charge in [-0.3, -0.25) is 9.59 Å². The number of carbonyl (C=O) groups is 2. The summed E-state index contributed by atoms with van der Waals surface area (Å²) < 4.78 is 0. The van der Waals surface area contributed by atoms with Crippen LogP contribution in [0.3, 0.4) is 0 Å². The number of carbonyl (C=O) groups excluding carboxylic acids is 2. The number of anilines is 1. The smallest absolute Gasteiger partial charge is 0.252 e. The molecule has 82 valence electrons. The Balaban J connectivity index is 3.12. The van der Waals surface area contributed by atoms with E-state index in [-0.39, 0.29) is 11.8 Å². The van der Waals surface area contributed by atoms with E-state index in [0.717, 1.165) is 11.3 Å². The fourth-order valence-electron chi connectivity index (χ4n) is 1.29. The Morgan fingerprint density at radius 3 is 2.53 bits per heavy atom. The number of nitrogens with one attached hydrogen (secondary N) is 2. The lowest BCUT2D eigenvalue weighted by Crippen LogP contribution is -2.18. The molecule has 0 spiro atoms. The molecule has 0 aromatic carbocycles. The molecule has 15 heavy (non-hydrogen) atoms. The number of rotatable bonds is 3. The van der Waals surface area contributed by atoms with Crippen molar-refractivity contribution >= 4 is 29.2 Å². The Bertz CT molecular complexity index is 412. The summed E-state index contributed by atoms with van der Waals surface area (Å²) in [4.78, 5) is 25.1. The zero-order chi connectivity index (χ0) is 11.6. The Kier molecular flexibility index (Phi) is 3.36. The van der Waals surface area contributed by atoms with Crippen LogP contribution in [0.2, 0.25) is 0 Å². The summed E-state index contributed by atoms with van der Waals surface area (Å²) in [6, 6.07) is 0. The maximum atomic E-state index is 11.1. The molecule has 0 unspecified atom stereocenters. The summed E-state index contributed by atoms with van der Waals surface area (Å²) in [6.45, 7) is 3.54. The fourth-order valence-corrected chi connectivity index (χ4v) is 1.36. The molecule has 0 saturated heterocycles. The fraction of sp³-hybridized carbons (Fsp3) is 0.333. The van der Waals surface area contributed by atoms with Crippen molar-refractivity contribution in [1.29, 1.82) is 0 Å². The highest BCUT2D eigenvalue weighted by atomic mass is 35.5. The molecule has 4 N–H and O–H groups in total. The molecule has 0 radical (unpaired) electrons. The van der Waals surface area contributed by atoms with Crippen molar-refractivity contribution in [2.45, 2.75) is 13.8 Å². The number of primary amides is 1. The van der Waals surface area contributed by atoms with Gasteiger partial charge in [0.05, 0.1) is 5.56 Å². The van der Waals surface area contributed by atoms with E-state index in [4.69, 9.17) is 17.3 Å². The highest BCUT2D eigenvalue weighted by Gasteiger charge is 2.17. The van der Waals surface area contributed by atoms with Crippen molar-refractivity contribution in [1.82, 2.24) is 4.98 Å². The number of halogens is 1. The first-order valence-corrected chi connectivity index (χ1v) is 4.85. The molecule has 0 saturated carbocycles. The molecule has 1 rings (SSSR count). The number of aromatic amines is 1. The van der Waals surface area contributed by atoms with Crippen LogP contribution in [0.15, 0.2) is 0 Å². The monoisotopic (exact) mass is 229 g/mol. The second-order valence-corrected chi connectivity index (χ2v) is 3.44. The second kappa shape index (κ2) is 4.35. The number of H-pyrrole nitrogens is 1. The van der Waals surface area contributed by atoms with Gasteiger partial charge in [0.2, 0.25) is 5.91 Å². The Hall–Kier alpha value is -1.49. The molecule has 0 atom stereocenters. The van der Waals surface area contributed by atoms with E-state index in [1.165, 1.54) is 0 Å². The third-order valence-electron chi connectivity index (χ3n) is 2.13. The van der Waals surface area contributed by atoms with E-state index < -0.39 is 5.91 Å². The highest BCUT2D eigenvalue weighted by Crippen LogP contribution is 2.21. The molecule has 2 amide bonds. The summed E-state index contributed by atoms with van der Waals surface area (Å²) in [7, 11) is 0. The third-order valence-corrected chi connectivity index (χ3v) is 2.37. The molecule has 5 nitrogen and oxygen atoms in total. The van der Waals surface area contributed by atoms with Gasteiger partial charge < -0.3 is 16.0 Å². The maximum absolute atomic E-state index is 11.1. The summed E-state index contributed by atoms with van der Waals surface area (Å²) in [6.07, 6.45) is 0. The van der Waals surface area contributed by atoms with Gasteiger partial charge in [0, 0.05) is 5.69 Å². The summed E-state index contributed by atoms with van der Waals surface area (Å²) in [5.74, 6) is -0.833. The van der Waals surface area contributed by atoms with Crippen LogP contribution in [0.4, 0.5) is 5.82 Å². The molecule has 1 aromatic heterocycles. The van der Waals surface area contributed by atoms with Crippen LogP contribution in [0, 0.1) is 13.8 Å². The number of aromatic nitrogens is 1. The Labute approximate surface area is 92.0 Å². The van der Waals surface area contributed by atoms with Crippen LogP contribution < -0.4 is 11.1 Å². The Morgan fingerprint density at radius 1 is 1.47 bits per heavy atom. The maximum Gasteiger partial charge on any atom is 0.252 e. The molecule has 0 aliphatic rings. The van der Waals surface area contributed by atoms with Gasteiger partial charge in [-0.1, -0.05) is 0 Å². The normalized spacial score (nSPS) is 10.1. The number of amides is 2. The van der Waals surface area contributed by atoms with Crippen LogP contribution in [0.1, 0.15) is 21.6 Å². The van der Waals surface area contributed by atoms with Crippen LogP contribution in [0.25, 0.3) is 0 Å². The molecule has 1 heterocycles. The van der Waals surface area contributed by atoms with Crippen LogP contribution in [-0.2, 0) is 4.79 Å². The van der Waals surface area contributed by atoms with Gasteiger partial charge in [0.25, 0.3) is 5.91 Å². The van der Waals surface area contributed by atoms with Crippen molar-refractivity contribution in [3.8, 4) is 0 Å². The number of aryl methyl sites for hydroxylation is 1. The lowest BCUT2D eigenvalue weighted by Gasteiger charge is -2.02. The number of nitrogens with two attached hydrogens (primary N) is 1. The van der Waals surface area contributed by atoms with Crippen molar-refractivity contribution in [2.24, 2.45) is 5.73 Å². The topological polar surface area (TPSA) is 88.0 Å².